The molecule has 1 aromatic heterocycles. The minimum atomic E-state index is -3.71. The summed E-state index contributed by atoms with van der Waals surface area (Å²) in [6.45, 7) is 2.06. The Hall–Kier alpha value is -2.05. The molecular formula is C13H18ClF2N5O5. The lowest BCUT2D eigenvalue weighted by molar-refractivity contribution is -0.392. The molecule has 1 unspecified atom stereocenters. The van der Waals surface area contributed by atoms with Crippen molar-refractivity contribution in [3.05, 3.63) is 22.1 Å². The number of hydrogen-bond donors (Lipinski definition) is 1. The number of carbonyl (C=O) groups excluding carboxylic acids is 1. The minimum Gasteiger partial charge on any atom is -0.445 e. The highest BCUT2D eigenvalue weighted by Gasteiger charge is 2.43. The third-order valence-corrected chi connectivity index (χ3v) is 3.95. The predicted octanol–water partition coefficient (Wildman–Crippen LogP) is 1.32. The summed E-state index contributed by atoms with van der Waals surface area (Å²) in [5.41, 5.74) is 0. The molecule has 2 heterocycles. The Balaban J connectivity index is 1.90. The van der Waals surface area contributed by atoms with Crippen molar-refractivity contribution in [1.29, 1.82) is 0 Å². The first-order valence-electron chi connectivity index (χ1n) is 7.68. The molecule has 0 bridgehead atoms. The highest BCUT2D eigenvalue weighted by atomic mass is 35.5. The first-order valence-corrected chi connectivity index (χ1v) is 8.06. The van der Waals surface area contributed by atoms with Crippen molar-refractivity contribution in [3.8, 4) is 0 Å². The van der Waals surface area contributed by atoms with Gasteiger partial charge >= 0.3 is 17.3 Å². The van der Waals surface area contributed by atoms with Gasteiger partial charge in [-0.25, -0.2) is 14.3 Å². The molecule has 10 nitrogen and oxygen atoms in total. The number of imidazole rings is 1. The summed E-state index contributed by atoms with van der Waals surface area (Å²) in [7, 11) is 0. The topological polar surface area (TPSA) is 112 Å². The second-order valence-corrected chi connectivity index (χ2v) is 5.95. The van der Waals surface area contributed by atoms with Crippen molar-refractivity contribution in [3.63, 3.8) is 0 Å². The van der Waals surface area contributed by atoms with Crippen molar-refractivity contribution in [2.45, 2.75) is 25.0 Å². The van der Waals surface area contributed by atoms with Crippen LogP contribution in [0.1, 0.15) is 5.82 Å². The van der Waals surface area contributed by atoms with Gasteiger partial charge in [0.25, 0.3) is 0 Å². The van der Waals surface area contributed by atoms with Crippen molar-refractivity contribution < 1.29 is 28.0 Å². The molecule has 0 aliphatic carbocycles. The van der Waals surface area contributed by atoms with Crippen LogP contribution in [0.2, 0.25) is 0 Å². The van der Waals surface area contributed by atoms with Crippen molar-refractivity contribution in [1.82, 2.24) is 19.8 Å². The molecule has 1 saturated heterocycles. The van der Waals surface area contributed by atoms with E-state index in [0.29, 0.717) is 5.82 Å². The summed E-state index contributed by atoms with van der Waals surface area (Å²) in [4.78, 5) is 27.2. The Labute approximate surface area is 152 Å². The summed E-state index contributed by atoms with van der Waals surface area (Å²) in [6.07, 6.45) is -1.79. The number of rotatable bonds is 7. The normalized spacial score (nSPS) is 16.9. The molecule has 1 atom stereocenters. The number of nitrogens with zero attached hydrogens (tertiary/aromatic N) is 4. The summed E-state index contributed by atoms with van der Waals surface area (Å²) in [5, 5.41) is 9.19. The molecule has 1 fully saturated rings. The average Bonchev–Trinajstić information content (AvgIpc) is 2.93. The SMILES string of the molecule is Cc1ncc([N+](=O)[O-])n1CCOC(=O)NC(N1CCOCC1)C(F)(F)Cl. The van der Waals surface area contributed by atoms with Crippen LogP contribution in [0.4, 0.5) is 19.4 Å². The molecule has 1 amide bonds. The number of nitro groups is 1. The smallest absolute Gasteiger partial charge is 0.408 e. The van der Waals surface area contributed by atoms with Crippen LogP contribution in [-0.2, 0) is 16.0 Å². The lowest BCUT2D eigenvalue weighted by Gasteiger charge is -2.36. The standard InChI is InChI=1S/C13H18ClF2N5O5/c1-9-17-8-10(21(23)24)20(9)4-7-26-12(22)18-11(13(14,15)16)19-2-5-25-6-3-19/h8,11H,2-7H2,1H3,(H,18,22). The maximum absolute atomic E-state index is 13.6. The van der Waals surface area contributed by atoms with Crippen LogP contribution in [0.15, 0.2) is 6.20 Å². The first-order chi connectivity index (χ1) is 12.2. The van der Waals surface area contributed by atoms with Crippen LogP contribution in [0.5, 0.6) is 0 Å². The molecular weight excluding hydrogens is 380 g/mol. The van der Waals surface area contributed by atoms with Gasteiger partial charge in [0.15, 0.2) is 12.0 Å². The fourth-order valence-corrected chi connectivity index (χ4v) is 2.67. The number of nitrogens with one attached hydrogen (secondary N) is 1. The second kappa shape index (κ2) is 8.56. The molecule has 0 spiro atoms. The van der Waals surface area contributed by atoms with Gasteiger partial charge in [0.2, 0.25) is 0 Å². The van der Waals surface area contributed by atoms with Crippen molar-refractivity contribution in [2.75, 3.05) is 32.9 Å². The minimum absolute atomic E-state index is 0.0466. The zero-order chi connectivity index (χ0) is 19.3. The molecule has 0 aromatic carbocycles. The van der Waals surface area contributed by atoms with Gasteiger partial charge in [0.1, 0.15) is 19.3 Å². The van der Waals surface area contributed by atoms with Crippen molar-refractivity contribution in [2.24, 2.45) is 0 Å². The number of halogens is 3. The van der Waals surface area contributed by atoms with Gasteiger partial charge in [0.05, 0.1) is 13.2 Å². The quantitative estimate of drug-likeness (QED) is 0.419. The molecule has 26 heavy (non-hydrogen) atoms. The van der Waals surface area contributed by atoms with E-state index in [4.69, 9.17) is 21.1 Å². The number of hydrogen-bond acceptors (Lipinski definition) is 7. The van der Waals surface area contributed by atoms with Gasteiger partial charge in [0, 0.05) is 20.0 Å². The first kappa shape index (κ1) is 20.3. The lowest BCUT2D eigenvalue weighted by atomic mass is 10.3. The van der Waals surface area contributed by atoms with E-state index in [9.17, 15) is 23.7 Å². The lowest BCUT2D eigenvalue weighted by Crippen LogP contribution is -2.59. The van der Waals surface area contributed by atoms with Crippen LogP contribution in [0, 0.1) is 17.0 Å². The number of amides is 1. The van der Waals surface area contributed by atoms with Gasteiger partial charge in [-0.3, -0.25) is 10.2 Å². The number of ether oxygens (including phenoxy) is 2. The number of aryl methyl sites for hydroxylation is 1. The van der Waals surface area contributed by atoms with E-state index < -0.39 is 22.6 Å². The van der Waals surface area contributed by atoms with Crippen LogP contribution in [0.25, 0.3) is 0 Å². The van der Waals surface area contributed by atoms with Crippen LogP contribution >= 0.6 is 11.6 Å². The maximum atomic E-state index is 13.6. The fraction of sp³-hybridized carbons (Fsp3) is 0.692. The molecule has 13 heteroatoms. The summed E-state index contributed by atoms with van der Waals surface area (Å²) in [6, 6.07) is 0. The number of aromatic nitrogens is 2. The number of alkyl carbamates (subject to hydrolysis) is 1. The molecule has 146 valence electrons. The third kappa shape index (κ3) is 5.22. The highest BCUT2D eigenvalue weighted by molar-refractivity contribution is 6.22. The number of alkyl halides is 3. The predicted molar refractivity (Wildman–Crippen MR) is 85.1 cm³/mol. The van der Waals surface area contributed by atoms with Gasteiger partial charge in [-0.1, -0.05) is 0 Å². The highest BCUT2D eigenvalue weighted by Crippen LogP contribution is 2.26. The van der Waals surface area contributed by atoms with Gasteiger partial charge < -0.3 is 19.6 Å². The summed E-state index contributed by atoms with van der Waals surface area (Å²) < 4.78 is 38.4. The zero-order valence-corrected chi connectivity index (χ0v) is 14.6. The van der Waals surface area contributed by atoms with E-state index in [1.807, 2.05) is 5.32 Å². The molecule has 1 N–H and O–H groups in total. The van der Waals surface area contributed by atoms with Crippen LogP contribution in [0.3, 0.4) is 0 Å². The Morgan fingerprint density at radius 1 is 1.58 bits per heavy atom. The van der Waals surface area contributed by atoms with Crippen molar-refractivity contribution >= 4 is 23.5 Å². The van der Waals surface area contributed by atoms with E-state index in [1.165, 1.54) is 9.47 Å². The average molecular weight is 398 g/mol. The Kier molecular flexibility index (Phi) is 6.67. The molecule has 0 radical (unpaired) electrons. The Bertz CT molecular complexity index is 647. The number of carbonyl (C=O) groups is 1. The van der Waals surface area contributed by atoms with Gasteiger partial charge in [-0.15, -0.1) is 0 Å². The van der Waals surface area contributed by atoms with E-state index in [1.54, 1.807) is 6.92 Å². The molecule has 1 aromatic rings. The summed E-state index contributed by atoms with van der Waals surface area (Å²) in [5.74, 6) is 0.101. The molecule has 1 aliphatic heterocycles. The maximum Gasteiger partial charge on any atom is 0.408 e. The largest absolute Gasteiger partial charge is 0.445 e. The third-order valence-electron chi connectivity index (χ3n) is 3.74. The van der Waals surface area contributed by atoms with Gasteiger partial charge in [-0.2, -0.15) is 8.78 Å². The molecule has 2 rings (SSSR count). The van der Waals surface area contributed by atoms with E-state index >= 15 is 0 Å². The van der Waals surface area contributed by atoms with Gasteiger partial charge in [-0.05, 0) is 16.5 Å². The second-order valence-electron chi connectivity index (χ2n) is 5.45. The fourth-order valence-electron chi connectivity index (χ4n) is 2.48. The van der Waals surface area contributed by atoms with E-state index in [0.717, 1.165) is 6.20 Å². The van der Waals surface area contributed by atoms with E-state index in [2.05, 4.69) is 4.98 Å². The van der Waals surface area contributed by atoms with Crippen LogP contribution in [-0.4, -0.2) is 69.9 Å². The number of morpholine rings is 1. The van der Waals surface area contributed by atoms with E-state index in [-0.39, 0.29) is 45.3 Å². The Morgan fingerprint density at radius 3 is 2.81 bits per heavy atom. The zero-order valence-electron chi connectivity index (χ0n) is 13.9. The monoisotopic (exact) mass is 397 g/mol. The Morgan fingerprint density at radius 2 is 2.23 bits per heavy atom. The molecule has 0 saturated carbocycles. The molecule has 1 aliphatic rings. The van der Waals surface area contributed by atoms with Crippen LogP contribution < -0.4 is 5.32 Å². The summed E-state index contributed by atoms with van der Waals surface area (Å²) >= 11 is 5.09.